The molecule has 0 saturated carbocycles. The molecule has 1 atom stereocenters. The molecule has 3 heteroatoms. The number of hydrogen-bond acceptors (Lipinski definition) is 1. The summed E-state index contributed by atoms with van der Waals surface area (Å²) in [7, 11) is 0. The number of aromatic nitrogens is 1. The standard InChI is InChI=1S/C8H9BrClN/c1-2-7(10)8-5-6(9)3-4-11-8/h3-5,7H,2H2,1H3. The zero-order valence-electron chi connectivity index (χ0n) is 6.22. The maximum absolute atomic E-state index is 5.98. The highest BCUT2D eigenvalue weighted by atomic mass is 79.9. The molecule has 0 saturated heterocycles. The van der Waals surface area contributed by atoms with Gasteiger partial charge in [-0.3, -0.25) is 4.98 Å². The average Bonchev–Trinajstić information content (AvgIpc) is 2.03. The van der Waals surface area contributed by atoms with E-state index in [-0.39, 0.29) is 5.38 Å². The fourth-order valence-corrected chi connectivity index (χ4v) is 1.27. The number of halogens is 2. The van der Waals surface area contributed by atoms with Gasteiger partial charge < -0.3 is 0 Å². The van der Waals surface area contributed by atoms with Crippen LogP contribution in [-0.4, -0.2) is 4.98 Å². The van der Waals surface area contributed by atoms with Crippen molar-refractivity contribution in [1.82, 2.24) is 4.98 Å². The monoisotopic (exact) mass is 233 g/mol. The van der Waals surface area contributed by atoms with Crippen LogP contribution >= 0.6 is 27.5 Å². The fourth-order valence-electron chi connectivity index (χ4n) is 0.802. The minimum absolute atomic E-state index is 0.0347. The van der Waals surface area contributed by atoms with Crippen molar-refractivity contribution >= 4 is 27.5 Å². The summed E-state index contributed by atoms with van der Waals surface area (Å²) >= 11 is 9.34. The molecule has 0 N–H and O–H groups in total. The van der Waals surface area contributed by atoms with Gasteiger partial charge in [-0.25, -0.2) is 0 Å². The summed E-state index contributed by atoms with van der Waals surface area (Å²) in [6.45, 7) is 2.04. The molecule has 0 aliphatic carbocycles. The Morgan fingerprint density at radius 1 is 1.73 bits per heavy atom. The number of alkyl halides is 1. The van der Waals surface area contributed by atoms with E-state index >= 15 is 0 Å². The van der Waals surface area contributed by atoms with Gasteiger partial charge in [-0.1, -0.05) is 22.9 Å². The molecule has 0 aromatic carbocycles. The lowest BCUT2D eigenvalue weighted by Gasteiger charge is -2.04. The first-order valence-corrected chi connectivity index (χ1v) is 4.72. The van der Waals surface area contributed by atoms with Gasteiger partial charge in [0.05, 0.1) is 11.1 Å². The van der Waals surface area contributed by atoms with Gasteiger partial charge in [-0.15, -0.1) is 11.6 Å². The van der Waals surface area contributed by atoms with E-state index in [1.807, 2.05) is 19.1 Å². The molecule has 0 radical (unpaired) electrons. The average molecular weight is 235 g/mol. The molecule has 0 aliphatic rings. The van der Waals surface area contributed by atoms with Crippen molar-refractivity contribution in [2.24, 2.45) is 0 Å². The van der Waals surface area contributed by atoms with Gasteiger partial charge in [-0.05, 0) is 18.6 Å². The van der Waals surface area contributed by atoms with Crippen LogP contribution in [0.5, 0.6) is 0 Å². The summed E-state index contributed by atoms with van der Waals surface area (Å²) in [5, 5.41) is 0.0347. The topological polar surface area (TPSA) is 12.9 Å². The third kappa shape index (κ3) is 2.46. The van der Waals surface area contributed by atoms with E-state index in [9.17, 15) is 0 Å². The minimum atomic E-state index is 0.0347. The van der Waals surface area contributed by atoms with Crippen LogP contribution in [0.25, 0.3) is 0 Å². The molecule has 11 heavy (non-hydrogen) atoms. The van der Waals surface area contributed by atoms with Gasteiger partial charge in [-0.2, -0.15) is 0 Å². The van der Waals surface area contributed by atoms with E-state index in [4.69, 9.17) is 11.6 Å². The molecule has 1 aromatic heterocycles. The molecule has 0 bridgehead atoms. The van der Waals surface area contributed by atoms with Crippen LogP contribution in [0.3, 0.4) is 0 Å². The summed E-state index contributed by atoms with van der Waals surface area (Å²) in [6.07, 6.45) is 2.66. The molecule has 0 amide bonds. The normalized spacial score (nSPS) is 13.0. The van der Waals surface area contributed by atoms with Crippen molar-refractivity contribution in [3.05, 3.63) is 28.5 Å². The third-order valence-electron chi connectivity index (χ3n) is 1.42. The predicted octanol–water partition coefficient (Wildman–Crippen LogP) is 3.53. The SMILES string of the molecule is CCC(Cl)c1cc(Br)ccn1. The van der Waals surface area contributed by atoms with Gasteiger partial charge in [0.25, 0.3) is 0 Å². The predicted molar refractivity (Wildman–Crippen MR) is 50.8 cm³/mol. The zero-order chi connectivity index (χ0) is 8.27. The van der Waals surface area contributed by atoms with Gasteiger partial charge in [0.2, 0.25) is 0 Å². The molecule has 1 nitrogen and oxygen atoms in total. The lowest BCUT2D eigenvalue weighted by atomic mass is 10.2. The fraction of sp³-hybridized carbons (Fsp3) is 0.375. The van der Waals surface area contributed by atoms with E-state index in [1.165, 1.54) is 0 Å². The summed E-state index contributed by atoms with van der Waals surface area (Å²) in [5.41, 5.74) is 0.934. The van der Waals surface area contributed by atoms with Gasteiger partial charge in [0, 0.05) is 10.7 Å². The third-order valence-corrected chi connectivity index (χ3v) is 2.45. The molecule has 1 aromatic rings. The highest BCUT2D eigenvalue weighted by Gasteiger charge is 2.05. The van der Waals surface area contributed by atoms with Crippen LogP contribution in [0.4, 0.5) is 0 Å². The summed E-state index contributed by atoms with van der Waals surface area (Å²) in [4.78, 5) is 4.15. The highest BCUT2D eigenvalue weighted by molar-refractivity contribution is 9.10. The number of nitrogens with zero attached hydrogens (tertiary/aromatic N) is 1. The van der Waals surface area contributed by atoms with Crippen LogP contribution in [0, 0.1) is 0 Å². The lowest BCUT2D eigenvalue weighted by Crippen LogP contribution is -1.91. The second kappa shape index (κ2) is 4.07. The molecule has 1 heterocycles. The van der Waals surface area contributed by atoms with Crippen LogP contribution in [0.1, 0.15) is 24.4 Å². The number of rotatable bonds is 2. The molecule has 0 spiro atoms. The molecule has 0 aliphatic heterocycles. The second-order valence-corrected chi connectivity index (χ2v) is 3.72. The zero-order valence-corrected chi connectivity index (χ0v) is 8.56. The van der Waals surface area contributed by atoms with E-state index < -0.39 is 0 Å². The van der Waals surface area contributed by atoms with Gasteiger partial charge in [0.15, 0.2) is 0 Å². The number of pyridine rings is 1. The number of hydrogen-bond donors (Lipinski definition) is 0. The van der Waals surface area contributed by atoms with Crippen molar-refractivity contribution in [1.29, 1.82) is 0 Å². The Morgan fingerprint density at radius 3 is 3.00 bits per heavy atom. The molecular formula is C8H9BrClN. The largest absolute Gasteiger partial charge is 0.260 e. The van der Waals surface area contributed by atoms with Crippen LogP contribution in [0.2, 0.25) is 0 Å². The van der Waals surface area contributed by atoms with E-state index in [2.05, 4.69) is 20.9 Å². The first-order valence-electron chi connectivity index (χ1n) is 3.49. The molecule has 60 valence electrons. The van der Waals surface area contributed by atoms with Gasteiger partial charge >= 0.3 is 0 Å². The maximum atomic E-state index is 5.98. The Bertz CT molecular complexity index is 239. The van der Waals surface area contributed by atoms with E-state index in [0.29, 0.717) is 0 Å². The Balaban J connectivity index is 2.86. The Morgan fingerprint density at radius 2 is 2.45 bits per heavy atom. The van der Waals surface area contributed by atoms with E-state index in [0.717, 1.165) is 16.6 Å². The summed E-state index contributed by atoms with van der Waals surface area (Å²) < 4.78 is 1.03. The molecular weight excluding hydrogens is 225 g/mol. The second-order valence-electron chi connectivity index (χ2n) is 2.27. The van der Waals surface area contributed by atoms with Crippen LogP contribution < -0.4 is 0 Å². The van der Waals surface area contributed by atoms with Crippen molar-refractivity contribution in [2.75, 3.05) is 0 Å². The first-order chi connectivity index (χ1) is 5.24. The lowest BCUT2D eigenvalue weighted by molar-refractivity contribution is 0.846. The van der Waals surface area contributed by atoms with Crippen molar-refractivity contribution < 1.29 is 0 Å². The molecule has 1 rings (SSSR count). The van der Waals surface area contributed by atoms with E-state index in [1.54, 1.807) is 6.20 Å². The quantitative estimate of drug-likeness (QED) is 0.714. The first kappa shape index (κ1) is 9.01. The van der Waals surface area contributed by atoms with Crippen LogP contribution in [-0.2, 0) is 0 Å². The van der Waals surface area contributed by atoms with Gasteiger partial charge in [0.1, 0.15) is 0 Å². The minimum Gasteiger partial charge on any atom is -0.260 e. The highest BCUT2D eigenvalue weighted by Crippen LogP contribution is 2.23. The smallest absolute Gasteiger partial charge is 0.0755 e. The molecule has 0 fully saturated rings. The molecule has 1 unspecified atom stereocenters. The maximum Gasteiger partial charge on any atom is 0.0755 e. The Labute approximate surface area is 79.9 Å². The van der Waals surface area contributed by atoms with Crippen LogP contribution in [0.15, 0.2) is 22.8 Å². The summed E-state index contributed by atoms with van der Waals surface area (Å²) in [6, 6.07) is 3.84. The van der Waals surface area contributed by atoms with Crippen molar-refractivity contribution in [3.63, 3.8) is 0 Å². The summed E-state index contributed by atoms with van der Waals surface area (Å²) in [5.74, 6) is 0. The van der Waals surface area contributed by atoms with Crippen molar-refractivity contribution in [3.8, 4) is 0 Å². The Kier molecular flexibility index (Phi) is 3.34. The Hall–Kier alpha value is -0.0800. The van der Waals surface area contributed by atoms with Crippen molar-refractivity contribution in [2.45, 2.75) is 18.7 Å².